The van der Waals surface area contributed by atoms with Gasteiger partial charge >= 0.3 is 0 Å². The predicted octanol–water partition coefficient (Wildman–Crippen LogP) is 2.38. The molecule has 6 heteroatoms. The van der Waals surface area contributed by atoms with Gasteiger partial charge in [0.15, 0.2) is 0 Å². The van der Waals surface area contributed by atoms with Gasteiger partial charge in [-0.1, -0.05) is 39.0 Å². The SMILES string of the molecule is CCCCCCCCN1C(=O)CC(SCC(NC)C(C)=O)C1=O. The lowest BCUT2D eigenvalue weighted by Crippen LogP contribution is -2.36. The van der Waals surface area contributed by atoms with E-state index in [2.05, 4.69) is 12.2 Å². The number of nitrogens with one attached hydrogen (secondary N) is 1. The number of unbranched alkanes of at least 4 members (excludes halogenated alkanes) is 5. The summed E-state index contributed by atoms with van der Waals surface area (Å²) < 4.78 is 0. The van der Waals surface area contributed by atoms with Crippen molar-refractivity contribution in [3.8, 4) is 0 Å². The lowest BCUT2D eigenvalue weighted by Gasteiger charge is -2.16. The van der Waals surface area contributed by atoms with Crippen molar-refractivity contribution in [3.63, 3.8) is 0 Å². The summed E-state index contributed by atoms with van der Waals surface area (Å²) in [5.74, 6) is 0.443. The second kappa shape index (κ2) is 10.8. The molecule has 1 saturated heterocycles. The molecule has 2 unspecified atom stereocenters. The van der Waals surface area contributed by atoms with Crippen molar-refractivity contribution in [2.24, 2.45) is 0 Å². The number of thioether (sulfide) groups is 1. The van der Waals surface area contributed by atoms with Crippen LogP contribution in [-0.4, -0.2) is 53.1 Å². The fourth-order valence-electron chi connectivity index (χ4n) is 2.68. The highest BCUT2D eigenvalue weighted by atomic mass is 32.2. The molecule has 1 rings (SSSR count). The van der Waals surface area contributed by atoms with Gasteiger partial charge in [-0.05, 0) is 20.4 Å². The van der Waals surface area contributed by atoms with Gasteiger partial charge in [-0.15, -0.1) is 11.8 Å². The number of amides is 2. The molecule has 0 bridgehead atoms. The van der Waals surface area contributed by atoms with Crippen LogP contribution in [0.4, 0.5) is 0 Å². The molecule has 1 heterocycles. The van der Waals surface area contributed by atoms with Crippen LogP contribution in [0.2, 0.25) is 0 Å². The maximum absolute atomic E-state index is 12.3. The topological polar surface area (TPSA) is 66.5 Å². The van der Waals surface area contributed by atoms with E-state index >= 15 is 0 Å². The lowest BCUT2D eigenvalue weighted by molar-refractivity contribution is -0.138. The third-order valence-electron chi connectivity index (χ3n) is 4.24. The summed E-state index contributed by atoms with van der Waals surface area (Å²) in [4.78, 5) is 37.2. The Kier molecular flexibility index (Phi) is 9.48. The van der Waals surface area contributed by atoms with Crippen molar-refractivity contribution in [1.29, 1.82) is 0 Å². The Morgan fingerprint density at radius 3 is 2.52 bits per heavy atom. The minimum absolute atomic E-state index is 0.0562. The van der Waals surface area contributed by atoms with Gasteiger partial charge in [-0.25, -0.2) is 0 Å². The Morgan fingerprint density at radius 1 is 1.26 bits per heavy atom. The average molecular weight is 343 g/mol. The third-order valence-corrected chi connectivity index (χ3v) is 5.54. The van der Waals surface area contributed by atoms with Crippen molar-refractivity contribution in [2.45, 2.75) is 70.1 Å². The monoisotopic (exact) mass is 342 g/mol. The number of hydrogen-bond acceptors (Lipinski definition) is 5. The molecule has 1 aliphatic rings. The van der Waals surface area contributed by atoms with Gasteiger partial charge in [-0.3, -0.25) is 19.3 Å². The van der Waals surface area contributed by atoms with E-state index in [4.69, 9.17) is 0 Å². The number of hydrogen-bond donors (Lipinski definition) is 1. The first-order valence-corrected chi connectivity index (χ1v) is 9.69. The molecule has 0 aromatic rings. The van der Waals surface area contributed by atoms with Gasteiger partial charge < -0.3 is 5.32 Å². The smallest absolute Gasteiger partial charge is 0.242 e. The number of carbonyl (C=O) groups is 3. The zero-order valence-corrected chi connectivity index (χ0v) is 15.4. The largest absolute Gasteiger partial charge is 0.310 e. The molecule has 23 heavy (non-hydrogen) atoms. The number of imide groups is 1. The molecule has 2 amide bonds. The van der Waals surface area contributed by atoms with Gasteiger partial charge in [0.1, 0.15) is 5.78 Å². The Balaban J connectivity index is 2.33. The van der Waals surface area contributed by atoms with E-state index in [1.807, 2.05) is 0 Å². The highest BCUT2D eigenvalue weighted by Crippen LogP contribution is 2.26. The van der Waals surface area contributed by atoms with E-state index < -0.39 is 0 Å². The Morgan fingerprint density at radius 2 is 1.91 bits per heavy atom. The van der Waals surface area contributed by atoms with Crippen LogP contribution in [0.3, 0.4) is 0 Å². The highest BCUT2D eigenvalue weighted by molar-refractivity contribution is 8.00. The number of nitrogens with zero attached hydrogens (tertiary/aromatic N) is 1. The molecule has 5 nitrogen and oxygen atoms in total. The van der Waals surface area contributed by atoms with Gasteiger partial charge in [0.2, 0.25) is 11.8 Å². The number of likely N-dealkylation sites (tertiary alicyclic amines) is 1. The van der Waals surface area contributed by atoms with Crippen molar-refractivity contribution >= 4 is 29.4 Å². The van der Waals surface area contributed by atoms with Crippen LogP contribution < -0.4 is 5.32 Å². The van der Waals surface area contributed by atoms with Crippen LogP contribution >= 0.6 is 11.8 Å². The molecule has 0 aliphatic carbocycles. The normalized spacial score (nSPS) is 19.4. The molecule has 0 aromatic carbocycles. The predicted molar refractivity (Wildman–Crippen MR) is 94.5 cm³/mol. The molecule has 1 N–H and O–H groups in total. The van der Waals surface area contributed by atoms with E-state index in [0.29, 0.717) is 12.3 Å². The molecule has 0 saturated carbocycles. The van der Waals surface area contributed by atoms with Crippen LogP contribution in [0.5, 0.6) is 0 Å². The zero-order chi connectivity index (χ0) is 17.2. The summed E-state index contributed by atoms with van der Waals surface area (Å²) in [6.07, 6.45) is 7.11. The molecule has 1 aliphatic heterocycles. The number of rotatable bonds is 12. The zero-order valence-electron chi connectivity index (χ0n) is 14.6. The summed E-state index contributed by atoms with van der Waals surface area (Å²) in [5.41, 5.74) is 0. The van der Waals surface area contributed by atoms with Crippen molar-refractivity contribution in [1.82, 2.24) is 10.2 Å². The summed E-state index contributed by atoms with van der Waals surface area (Å²) >= 11 is 1.42. The van der Waals surface area contributed by atoms with Crippen molar-refractivity contribution in [3.05, 3.63) is 0 Å². The minimum Gasteiger partial charge on any atom is -0.310 e. The molecule has 0 spiro atoms. The first kappa shape index (κ1) is 20.2. The highest BCUT2D eigenvalue weighted by Gasteiger charge is 2.38. The van der Waals surface area contributed by atoms with Crippen LogP contribution in [0, 0.1) is 0 Å². The Hall–Kier alpha value is -0.880. The fraction of sp³-hybridized carbons (Fsp3) is 0.824. The van der Waals surface area contributed by atoms with Crippen LogP contribution in [-0.2, 0) is 14.4 Å². The summed E-state index contributed by atoms with van der Waals surface area (Å²) in [6.45, 7) is 4.27. The van der Waals surface area contributed by atoms with E-state index in [1.165, 1.54) is 49.3 Å². The fourth-order valence-corrected chi connectivity index (χ4v) is 4.04. The molecule has 2 atom stereocenters. The first-order valence-electron chi connectivity index (χ1n) is 8.64. The van der Waals surface area contributed by atoms with E-state index in [1.54, 1.807) is 7.05 Å². The van der Waals surface area contributed by atoms with E-state index in [0.717, 1.165) is 12.8 Å². The Labute approximate surface area is 143 Å². The van der Waals surface area contributed by atoms with Gasteiger partial charge in [0.05, 0.1) is 11.3 Å². The standard InChI is InChI=1S/C17H30N2O3S/c1-4-5-6-7-8-9-10-19-16(21)11-15(17(19)22)23-12-14(18-3)13(2)20/h14-15,18H,4-12H2,1-3H3. The summed E-state index contributed by atoms with van der Waals surface area (Å²) in [5, 5.41) is 2.62. The van der Waals surface area contributed by atoms with Gasteiger partial charge in [0.25, 0.3) is 0 Å². The maximum atomic E-state index is 12.3. The first-order chi connectivity index (χ1) is 11.0. The molecule has 0 aromatic heterocycles. The number of carbonyl (C=O) groups excluding carboxylic acids is 3. The van der Waals surface area contributed by atoms with Crippen LogP contribution in [0.1, 0.15) is 58.8 Å². The Bertz CT molecular complexity index is 415. The third kappa shape index (κ3) is 6.63. The van der Waals surface area contributed by atoms with E-state index in [9.17, 15) is 14.4 Å². The van der Waals surface area contributed by atoms with Crippen LogP contribution in [0.15, 0.2) is 0 Å². The molecular weight excluding hydrogens is 312 g/mol. The summed E-state index contributed by atoms with van der Waals surface area (Å²) in [6, 6.07) is -0.254. The molecule has 1 fully saturated rings. The number of likely N-dealkylation sites (N-methyl/N-ethyl adjacent to an activating group) is 1. The minimum atomic E-state index is -0.321. The summed E-state index contributed by atoms with van der Waals surface area (Å²) in [7, 11) is 1.74. The number of Topliss-reactive ketones (excluding diaryl/α,β-unsaturated/α-hetero) is 1. The van der Waals surface area contributed by atoms with E-state index in [-0.39, 0.29) is 35.3 Å². The second-order valence-electron chi connectivity index (χ2n) is 6.13. The molecule has 132 valence electrons. The average Bonchev–Trinajstić information content (AvgIpc) is 2.78. The van der Waals surface area contributed by atoms with Crippen molar-refractivity contribution in [2.75, 3.05) is 19.3 Å². The van der Waals surface area contributed by atoms with Gasteiger partial charge in [-0.2, -0.15) is 0 Å². The lowest BCUT2D eigenvalue weighted by atomic mass is 10.1. The van der Waals surface area contributed by atoms with Crippen LogP contribution in [0.25, 0.3) is 0 Å². The maximum Gasteiger partial charge on any atom is 0.242 e. The molecular formula is C17H30N2O3S. The second-order valence-corrected chi connectivity index (χ2v) is 7.37. The quantitative estimate of drug-likeness (QED) is 0.436. The van der Waals surface area contributed by atoms with Crippen molar-refractivity contribution < 1.29 is 14.4 Å². The number of ketones is 1. The molecule has 0 radical (unpaired) electrons. The van der Waals surface area contributed by atoms with Gasteiger partial charge in [0, 0.05) is 18.7 Å².